The van der Waals surface area contributed by atoms with Crippen molar-refractivity contribution in [3.8, 4) is 0 Å². The summed E-state index contributed by atoms with van der Waals surface area (Å²) in [5, 5.41) is 11.7. The fourth-order valence-electron chi connectivity index (χ4n) is 1.24. The van der Waals surface area contributed by atoms with E-state index in [0.717, 1.165) is 19.4 Å². The summed E-state index contributed by atoms with van der Waals surface area (Å²) >= 11 is 0. The van der Waals surface area contributed by atoms with Crippen LogP contribution >= 0.6 is 0 Å². The first-order valence-electron chi connectivity index (χ1n) is 3.81. The van der Waals surface area contributed by atoms with Crippen molar-refractivity contribution in [1.29, 1.82) is 0 Å². The van der Waals surface area contributed by atoms with E-state index in [1.807, 2.05) is 0 Å². The van der Waals surface area contributed by atoms with E-state index in [0.29, 0.717) is 6.04 Å². The van der Waals surface area contributed by atoms with E-state index in [4.69, 9.17) is 5.11 Å². The molecule has 1 rings (SSSR count). The molecular weight excluding hydrogens is 142 g/mol. The lowest BCUT2D eigenvalue weighted by molar-refractivity contribution is -0.145. The monoisotopic (exact) mass is 155 g/mol. The third-order valence-electron chi connectivity index (χ3n) is 2.04. The van der Waals surface area contributed by atoms with Gasteiger partial charge in [0, 0.05) is 12.6 Å². The molecule has 0 aromatic carbocycles. The van der Waals surface area contributed by atoms with E-state index >= 15 is 0 Å². The minimum atomic E-state index is -0.665. The Bertz CT molecular complexity index is 161. The predicted molar refractivity (Wildman–Crippen MR) is 42.3 cm³/mol. The van der Waals surface area contributed by atoms with Crippen LogP contribution in [0.4, 0.5) is 0 Å². The molecular formula is C8H13NO2. The second-order valence-corrected chi connectivity index (χ2v) is 2.90. The largest absolute Gasteiger partial charge is 0.481 e. The Morgan fingerprint density at radius 3 is 2.82 bits per heavy atom. The number of aliphatic carboxylic acids is 1. The maximum atomic E-state index is 10.4. The Balaban J connectivity index is 2.09. The van der Waals surface area contributed by atoms with E-state index in [-0.39, 0.29) is 5.92 Å². The molecule has 1 fully saturated rings. The maximum absolute atomic E-state index is 10.4. The molecule has 3 heteroatoms. The lowest BCUT2D eigenvalue weighted by Gasteiger charge is -2.32. The molecule has 0 aromatic rings. The van der Waals surface area contributed by atoms with Crippen LogP contribution in [0.3, 0.4) is 0 Å². The molecule has 1 aliphatic rings. The molecule has 0 bridgehead atoms. The van der Waals surface area contributed by atoms with E-state index in [2.05, 4.69) is 11.9 Å². The number of carbonyl (C=O) groups is 1. The minimum Gasteiger partial charge on any atom is -0.481 e. The number of rotatable bonds is 4. The van der Waals surface area contributed by atoms with Crippen LogP contribution in [0.5, 0.6) is 0 Å². The van der Waals surface area contributed by atoms with Gasteiger partial charge >= 0.3 is 5.97 Å². The van der Waals surface area contributed by atoms with Gasteiger partial charge in [-0.2, -0.15) is 0 Å². The average Bonchev–Trinajstić information content (AvgIpc) is 1.84. The first-order valence-corrected chi connectivity index (χ1v) is 3.81. The van der Waals surface area contributed by atoms with Gasteiger partial charge in [-0.05, 0) is 12.8 Å². The molecule has 62 valence electrons. The van der Waals surface area contributed by atoms with Crippen LogP contribution in [-0.2, 0) is 4.79 Å². The molecule has 0 spiro atoms. The van der Waals surface area contributed by atoms with Crippen molar-refractivity contribution in [2.75, 3.05) is 6.54 Å². The molecule has 0 saturated heterocycles. The second kappa shape index (κ2) is 3.53. The van der Waals surface area contributed by atoms with Gasteiger partial charge in [0.1, 0.15) is 0 Å². The summed E-state index contributed by atoms with van der Waals surface area (Å²) < 4.78 is 0. The van der Waals surface area contributed by atoms with Gasteiger partial charge in [0.05, 0.1) is 5.92 Å². The third-order valence-corrected chi connectivity index (χ3v) is 2.04. The van der Waals surface area contributed by atoms with Gasteiger partial charge in [-0.3, -0.25) is 4.79 Å². The molecule has 0 aliphatic heterocycles. The molecule has 0 amide bonds. The van der Waals surface area contributed by atoms with Gasteiger partial charge in [0.2, 0.25) is 0 Å². The standard InChI is InChI=1S/C8H13NO2/c1-2-3-9-7-4-6(5-7)8(10)11/h2,6-7,9H,1,3-5H2,(H,10,11). The summed E-state index contributed by atoms with van der Waals surface area (Å²) in [6.07, 6.45) is 3.32. The molecule has 1 aliphatic carbocycles. The molecule has 0 aromatic heterocycles. The van der Waals surface area contributed by atoms with Crippen LogP contribution in [0, 0.1) is 5.92 Å². The number of carboxylic acid groups (broad SMARTS) is 1. The van der Waals surface area contributed by atoms with E-state index in [1.54, 1.807) is 6.08 Å². The summed E-state index contributed by atoms with van der Waals surface area (Å²) in [7, 11) is 0. The van der Waals surface area contributed by atoms with E-state index in [1.165, 1.54) is 0 Å². The molecule has 0 atom stereocenters. The van der Waals surface area contributed by atoms with Crippen LogP contribution in [0.1, 0.15) is 12.8 Å². The highest BCUT2D eigenvalue weighted by molar-refractivity contribution is 5.71. The Hall–Kier alpha value is -0.830. The fraction of sp³-hybridized carbons (Fsp3) is 0.625. The average molecular weight is 155 g/mol. The van der Waals surface area contributed by atoms with Crippen molar-refractivity contribution in [1.82, 2.24) is 5.32 Å². The smallest absolute Gasteiger partial charge is 0.306 e. The number of carboxylic acids is 1. The highest BCUT2D eigenvalue weighted by atomic mass is 16.4. The summed E-state index contributed by atoms with van der Waals surface area (Å²) in [5.74, 6) is -0.779. The molecule has 0 heterocycles. The van der Waals surface area contributed by atoms with Gasteiger partial charge in [0.25, 0.3) is 0 Å². The van der Waals surface area contributed by atoms with E-state index in [9.17, 15) is 4.79 Å². The normalized spacial score (nSPS) is 29.1. The summed E-state index contributed by atoms with van der Waals surface area (Å²) in [4.78, 5) is 10.4. The molecule has 0 unspecified atom stereocenters. The molecule has 11 heavy (non-hydrogen) atoms. The molecule has 3 nitrogen and oxygen atoms in total. The first-order chi connectivity index (χ1) is 5.24. The lowest BCUT2D eigenvalue weighted by atomic mass is 9.80. The van der Waals surface area contributed by atoms with Crippen molar-refractivity contribution in [2.24, 2.45) is 5.92 Å². The summed E-state index contributed by atoms with van der Waals surface area (Å²) in [5.41, 5.74) is 0. The summed E-state index contributed by atoms with van der Waals surface area (Å²) in [6.45, 7) is 4.34. The van der Waals surface area contributed by atoms with Crippen LogP contribution in [-0.4, -0.2) is 23.7 Å². The fourth-order valence-corrected chi connectivity index (χ4v) is 1.24. The molecule has 1 saturated carbocycles. The summed E-state index contributed by atoms with van der Waals surface area (Å²) in [6, 6.07) is 0.397. The van der Waals surface area contributed by atoms with Crippen molar-refractivity contribution in [2.45, 2.75) is 18.9 Å². The van der Waals surface area contributed by atoms with Gasteiger partial charge in [-0.15, -0.1) is 6.58 Å². The maximum Gasteiger partial charge on any atom is 0.306 e. The number of hydrogen-bond donors (Lipinski definition) is 2. The third kappa shape index (κ3) is 2.05. The molecule has 0 radical (unpaired) electrons. The SMILES string of the molecule is C=CCNC1CC(C(=O)O)C1. The van der Waals surface area contributed by atoms with Crippen molar-refractivity contribution in [3.05, 3.63) is 12.7 Å². The highest BCUT2D eigenvalue weighted by Gasteiger charge is 2.33. The Labute approximate surface area is 66.1 Å². The zero-order valence-corrected chi connectivity index (χ0v) is 6.42. The van der Waals surface area contributed by atoms with Crippen LogP contribution in [0.15, 0.2) is 12.7 Å². The zero-order valence-electron chi connectivity index (χ0n) is 6.42. The quantitative estimate of drug-likeness (QED) is 0.585. The lowest BCUT2D eigenvalue weighted by Crippen LogP contribution is -2.44. The number of nitrogens with one attached hydrogen (secondary N) is 1. The zero-order chi connectivity index (χ0) is 8.27. The molecule has 2 N–H and O–H groups in total. The van der Waals surface area contributed by atoms with Crippen molar-refractivity contribution < 1.29 is 9.90 Å². The van der Waals surface area contributed by atoms with Crippen molar-refractivity contribution >= 4 is 5.97 Å². The predicted octanol–water partition coefficient (Wildman–Crippen LogP) is 0.625. The Morgan fingerprint density at radius 2 is 2.36 bits per heavy atom. The first kappa shape index (κ1) is 8.27. The van der Waals surface area contributed by atoms with E-state index < -0.39 is 5.97 Å². The second-order valence-electron chi connectivity index (χ2n) is 2.90. The number of hydrogen-bond acceptors (Lipinski definition) is 2. The van der Waals surface area contributed by atoms with Crippen LogP contribution in [0.25, 0.3) is 0 Å². The van der Waals surface area contributed by atoms with Crippen molar-refractivity contribution in [3.63, 3.8) is 0 Å². The highest BCUT2D eigenvalue weighted by Crippen LogP contribution is 2.26. The van der Waals surface area contributed by atoms with Gasteiger partial charge in [-0.1, -0.05) is 6.08 Å². The topological polar surface area (TPSA) is 49.3 Å². The van der Waals surface area contributed by atoms with Crippen LogP contribution < -0.4 is 5.32 Å². The van der Waals surface area contributed by atoms with Gasteiger partial charge < -0.3 is 10.4 Å². The Morgan fingerprint density at radius 1 is 1.73 bits per heavy atom. The van der Waals surface area contributed by atoms with Gasteiger partial charge in [0.15, 0.2) is 0 Å². The van der Waals surface area contributed by atoms with Crippen LogP contribution in [0.2, 0.25) is 0 Å². The van der Waals surface area contributed by atoms with Gasteiger partial charge in [-0.25, -0.2) is 0 Å². The minimum absolute atomic E-state index is 0.114. The Kier molecular flexibility index (Phi) is 2.65.